The Morgan fingerprint density at radius 2 is 1.90 bits per heavy atom. The van der Waals surface area contributed by atoms with Crippen molar-refractivity contribution >= 4 is 46.4 Å². The Morgan fingerprint density at radius 3 is 2.38 bits per heavy atom. The predicted molar refractivity (Wildman–Crippen MR) is 77.6 cm³/mol. The molecule has 1 rings (SSSR count). The second-order valence-electron chi connectivity index (χ2n) is 4.12. The number of rotatable bonds is 4. The molecular formula is C12H12Cl3F3N2O. The van der Waals surface area contributed by atoms with Crippen molar-refractivity contribution in [1.82, 2.24) is 5.32 Å². The number of alkyl halides is 6. The average molecular weight is 364 g/mol. The molecule has 1 amide bonds. The standard InChI is InChI=1S/C12H12Cl3F3N2O/c1-2-9(21)20-10(11(13,14)15)19-8-5-3-4-7(6-8)12(16,17)18/h3-6,10,19H,2H2,1H3,(H,20,21)/t10-/m1/s1. The zero-order chi connectivity index (χ0) is 16.3. The van der Waals surface area contributed by atoms with E-state index in [0.29, 0.717) is 0 Å². The first-order chi connectivity index (χ1) is 9.54. The monoisotopic (exact) mass is 362 g/mol. The highest BCUT2D eigenvalue weighted by molar-refractivity contribution is 6.68. The van der Waals surface area contributed by atoms with Crippen LogP contribution >= 0.6 is 34.8 Å². The number of hydrogen-bond donors (Lipinski definition) is 2. The first-order valence-corrected chi connectivity index (χ1v) is 6.97. The summed E-state index contributed by atoms with van der Waals surface area (Å²) >= 11 is 17.1. The average Bonchev–Trinajstić information content (AvgIpc) is 2.36. The molecule has 0 unspecified atom stereocenters. The molecular weight excluding hydrogens is 351 g/mol. The molecule has 0 fully saturated rings. The molecule has 0 radical (unpaired) electrons. The van der Waals surface area contributed by atoms with E-state index in [1.807, 2.05) is 0 Å². The summed E-state index contributed by atoms with van der Waals surface area (Å²) in [5.74, 6) is -0.411. The van der Waals surface area contributed by atoms with Gasteiger partial charge in [-0.3, -0.25) is 4.79 Å². The van der Waals surface area contributed by atoms with Crippen LogP contribution in [0, 0.1) is 0 Å². The third-order valence-corrected chi connectivity index (χ3v) is 3.11. The summed E-state index contributed by atoms with van der Waals surface area (Å²) in [6, 6.07) is 4.36. The third-order valence-electron chi connectivity index (χ3n) is 2.45. The van der Waals surface area contributed by atoms with Gasteiger partial charge >= 0.3 is 6.18 Å². The van der Waals surface area contributed by atoms with E-state index in [1.165, 1.54) is 12.1 Å². The van der Waals surface area contributed by atoms with Gasteiger partial charge in [0.1, 0.15) is 6.17 Å². The number of benzene rings is 1. The van der Waals surface area contributed by atoms with Crippen molar-refractivity contribution in [3.05, 3.63) is 29.8 Å². The fraction of sp³-hybridized carbons (Fsp3) is 0.417. The molecule has 0 bridgehead atoms. The molecule has 118 valence electrons. The van der Waals surface area contributed by atoms with Crippen LogP contribution in [0.25, 0.3) is 0 Å². The molecule has 21 heavy (non-hydrogen) atoms. The Labute approximate surface area is 134 Å². The fourth-order valence-corrected chi connectivity index (χ4v) is 1.74. The van der Waals surface area contributed by atoms with Gasteiger partial charge < -0.3 is 10.6 Å². The van der Waals surface area contributed by atoms with Crippen molar-refractivity contribution in [2.24, 2.45) is 0 Å². The summed E-state index contributed by atoms with van der Waals surface area (Å²) in [6.45, 7) is 1.59. The van der Waals surface area contributed by atoms with Crippen molar-refractivity contribution in [1.29, 1.82) is 0 Å². The Kier molecular flexibility index (Phi) is 6.01. The number of anilines is 1. The maximum atomic E-state index is 12.6. The quantitative estimate of drug-likeness (QED) is 0.617. The fourth-order valence-electron chi connectivity index (χ4n) is 1.41. The molecule has 1 aromatic carbocycles. The Bertz CT molecular complexity index is 503. The van der Waals surface area contributed by atoms with Crippen molar-refractivity contribution in [2.75, 3.05) is 5.32 Å². The Balaban J connectivity index is 2.96. The topological polar surface area (TPSA) is 41.1 Å². The van der Waals surface area contributed by atoms with Crippen molar-refractivity contribution in [2.45, 2.75) is 29.5 Å². The lowest BCUT2D eigenvalue weighted by Crippen LogP contribution is -2.48. The number of carbonyl (C=O) groups excluding carboxylic acids is 1. The maximum absolute atomic E-state index is 12.6. The predicted octanol–water partition coefficient (Wildman–Crippen LogP) is 4.34. The molecule has 0 aromatic heterocycles. The maximum Gasteiger partial charge on any atom is 0.416 e. The summed E-state index contributed by atoms with van der Waals surface area (Å²) < 4.78 is 36.0. The van der Waals surface area contributed by atoms with Crippen LogP contribution in [0.5, 0.6) is 0 Å². The van der Waals surface area contributed by atoms with Crippen LogP contribution in [0.2, 0.25) is 0 Å². The van der Waals surface area contributed by atoms with Crippen molar-refractivity contribution < 1.29 is 18.0 Å². The third kappa shape index (κ3) is 5.80. The molecule has 0 aliphatic heterocycles. The van der Waals surface area contributed by atoms with E-state index < -0.39 is 27.6 Å². The summed E-state index contributed by atoms with van der Waals surface area (Å²) in [6.07, 6.45) is -5.51. The molecule has 0 saturated carbocycles. The highest BCUT2D eigenvalue weighted by Gasteiger charge is 2.35. The number of halogens is 6. The lowest BCUT2D eigenvalue weighted by atomic mass is 10.2. The van der Waals surface area contributed by atoms with Crippen molar-refractivity contribution in [3.8, 4) is 0 Å². The van der Waals surface area contributed by atoms with Crippen LogP contribution < -0.4 is 10.6 Å². The van der Waals surface area contributed by atoms with Gasteiger partial charge in [-0.1, -0.05) is 47.8 Å². The molecule has 2 N–H and O–H groups in total. The number of carbonyl (C=O) groups is 1. The normalized spacial score (nSPS) is 13.7. The first kappa shape index (κ1) is 18.2. The van der Waals surface area contributed by atoms with Gasteiger partial charge in [0.15, 0.2) is 0 Å². The van der Waals surface area contributed by atoms with Crippen molar-refractivity contribution in [3.63, 3.8) is 0 Å². The molecule has 0 aliphatic carbocycles. The zero-order valence-electron chi connectivity index (χ0n) is 10.8. The molecule has 9 heteroatoms. The van der Waals surface area contributed by atoms with E-state index in [0.717, 1.165) is 12.1 Å². The molecule has 1 aromatic rings. The van der Waals surface area contributed by atoms with Gasteiger partial charge in [0, 0.05) is 12.1 Å². The molecule has 0 saturated heterocycles. The van der Waals surface area contributed by atoms with Crippen LogP contribution in [-0.2, 0) is 11.0 Å². The number of amides is 1. The van der Waals surface area contributed by atoms with Gasteiger partial charge in [-0.15, -0.1) is 0 Å². The Hall–Kier alpha value is -0.850. The summed E-state index contributed by atoms with van der Waals surface area (Å²) in [4.78, 5) is 11.4. The van der Waals surface area contributed by atoms with Crippen LogP contribution in [0.15, 0.2) is 24.3 Å². The van der Waals surface area contributed by atoms with Gasteiger partial charge in [-0.25, -0.2) is 0 Å². The number of nitrogens with one attached hydrogen (secondary N) is 2. The van der Waals surface area contributed by atoms with E-state index in [1.54, 1.807) is 6.92 Å². The van der Waals surface area contributed by atoms with Gasteiger partial charge in [0.25, 0.3) is 0 Å². The minimum absolute atomic E-state index is 0.0672. The van der Waals surface area contributed by atoms with Gasteiger partial charge in [0.05, 0.1) is 5.56 Å². The van der Waals surface area contributed by atoms with Gasteiger partial charge in [0.2, 0.25) is 9.70 Å². The second kappa shape index (κ2) is 6.94. The summed E-state index contributed by atoms with van der Waals surface area (Å²) in [5.41, 5.74) is -0.782. The van der Waals surface area contributed by atoms with Crippen LogP contribution in [0.3, 0.4) is 0 Å². The zero-order valence-corrected chi connectivity index (χ0v) is 13.0. The van der Waals surface area contributed by atoms with Crippen LogP contribution in [0.1, 0.15) is 18.9 Å². The minimum Gasteiger partial charge on any atom is -0.362 e. The van der Waals surface area contributed by atoms with E-state index in [2.05, 4.69) is 10.6 Å². The smallest absolute Gasteiger partial charge is 0.362 e. The molecule has 0 aliphatic rings. The highest BCUT2D eigenvalue weighted by Crippen LogP contribution is 2.33. The largest absolute Gasteiger partial charge is 0.416 e. The van der Waals surface area contributed by atoms with E-state index in [9.17, 15) is 18.0 Å². The molecule has 1 atom stereocenters. The van der Waals surface area contributed by atoms with Crippen LogP contribution in [-0.4, -0.2) is 15.9 Å². The second-order valence-corrected chi connectivity index (χ2v) is 6.49. The minimum atomic E-state index is -4.49. The molecule has 0 heterocycles. The van der Waals surface area contributed by atoms with Gasteiger partial charge in [-0.2, -0.15) is 13.2 Å². The first-order valence-electron chi connectivity index (χ1n) is 5.84. The lowest BCUT2D eigenvalue weighted by molar-refractivity contribution is -0.137. The number of hydrogen-bond acceptors (Lipinski definition) is 2. The SMILES string of the molecule is CCC(=O)N[C@@H](Nc1cccc(C(F)(F)F)c1)C(Cl)(Cl)Cl. The summed E-state index contributed by atoms with van der Waals surface area (Å²) in [5, 5.41) is 4.96. The van der Waals surface area contributed by atoms with E-state index >= 15 is 0 Å². The molecule has 0 spiro atoms. The molecule has 3 nitrogen and oxygen atoms in total. The van der Waals surface area contributed by atoms with Crippen LogP contribution in [0.4, 0.5) is 18.9 Å². The van der Waals surface area contributed by atoms with E-state index in [4.69, 9.17) is 34.8 Å². The van der Waals surface area contributed by atoms with Gasteiger partial charge in [-0.05, 0) is 18.2 Å². The summed E-state index contributed by atoms with van der Waals surface area (Å²) in [7, 11) is 0. The van der Waals surface area contributed by atoms with E-state index in [-0.39, 0.29) is 12.1 Å². The lowest BCUT2D eigenvalue weighted by Gasteiger charge is -2.27. The Morgan fingerprint density at radius 1 is 1.29 bits per heavy atom. The highest BCUT2D eigenvalue weighted by atomic mass is 35.6.